The van der Waals surface area contributed by atoms with Crippen LogP contribution in [0.4, 0.5) is 0 Å². The topological polar surface area (TPSA) is 40.1 Å². The van der Waals surface area contributed by atoms with Gasteiger partial charge in [-0.2, -0.15) is 0 Å². The highest BCUT2D eigenvalue weighted by Gasteiger charge is 2.20. The van der Waals surface area contributed by atoms with Gasteiger partial charge in [0.15, 0.2) is 5.96 Å². The number of nitrogens with zero attached hydrogens (tertiary/aromatic N) is 3. The van der Waals surface area contributed by atoms with Gasteiger partial charge in [0.05, 0.1) is 6.61 Å². The molecule has 2 fully saturated rings. The lowest BCUT2D eigenvalue weighted by Gasteiger charge is -2.31. The van der Waals surface area contributed by atoms with Gasteiger partial charge < -0.3 is 15.0 Å². The predicted molar refractivity (Wildman–Crippen MR) is 127 cm³/mol. The van der Waals surface area contributed by atoms with Crippen LogP contribution in [0.25, 0.3) is 0 Å². The summed E-state index contributed by atoms with van der Waals surface area (Å²) in [5.41, 5.74) is 2.80. The number of benzene rings is 1. The Labute approximate surface area is 187 Å². The molecule has 0 radical (unpaired) electrons. The van der Waals surface area contributed by atoms with Gasteiger partial charge in [-0.3, -0.25) is 9.89 Å². The van der Waals surface area contributed by atoms with Crippen molar-refractivity contribution >= 4 is 29.9 Å². The van der Waals surface area contributed by atoms with Gasteiger partial charge in [0.1, 0.15) is 0 Å². The molecule has 0 saturated carbocycles. The monoisotopic (exact) mass is 500 g/mol. The normalized spacial score (nSPS) is 23.3. The molecule has 1 aromatic carbocycles. The summed E-state index contributed by atoms with van der Waals surface area (Å²) in [7, 11) is 3.99. The molecule has 2 heterocycles. The van der Waals surface area contributed by atoms with E-state index in [9.17, 15) is 0 Å². The van der Waals surface area contributed by atoms with Crippen LogP contribution in [-0.4, -0.2) is 62.7 Å². The second kappa shape index (κ2) is 12.0. The first-order valence-corrected chi connectivity index (χ1v) is 10.4. The van der Waals surface area contributed by atoms with Gasteiger partial charge in [0, 0.05) is 52.8 Å². The van der Waals surface area contributed by atoms with Gasteiger partial charge in [0.2, 0.25) is 0 Å². The van der Waals surface area contributed by atoms with Gasteiger partial charge >= 0.3 is 0 Å². The number of hydrogen-bond donors (Lipinski definition) is 1. The number of ether oxygens (including phenoxy) is 1. The SMILES string of the molecule is CN=C(NCc1ccccc1CN1CCCC(C)C1)N(C)CC1CCOC1.I. The van der Waals surface area contributed by atoms with Crippen LogP contribution in [0.2, 0.25) is 0 Å². The molecule has 1 aromatic rings. The lowest BCUT2D eigenvalue weighted by atomic mass is 9.99. The maximum atomic E-state index is 5.50. The Kier molecular flexibility index (Phi) is 10.0. The number of guanidine groups is 1. The Balaban J connectivity index is 0.00000280. The van der Waals surface area contributed by atoms with Crippen LogP contribution < -0.4 is 5.32 Å². The number of nitrogens with one attached hydrogen (secondary N) is 1. The summed E-state index contributed by atoms with van der Waals surface area (Å²) in [6.07, 6.45) is 3.84. The van der Waals surface area contributed by atoms with Crippen molar-refractivity contribution in [2.24, 2.45) is 16.8 Å². The van der Waals surface area contributed by atoms with Crippen LogP contribution in [0.1, 0.15) is 37.3 Å². The van der Waals surface area contributed by atoms with Crippen molar-refractivity contribution in [3.05, 3.63) is 35.4 Å². The van der Waals surface area contributed by atoms with Gasteiger partial charge in [0.25, 0.3) is 0 Å². The van der Waals surface area contributed by atoms with Crippen molar-refractivity contribution in [2.45, 2.75) is 39.3 Å². The Morgan fingerprint density at radius 1 is 1.29 bits per heavy atom. The maximum absolute atomic E-state index is 5.50. The summed E-state index contributed by atoms with van der Waals surface area (Å²) in [4.78, 5) is 9.32. The molecule has 2 aliphatic rings. The number of piperidine rings is 1. The van der Waals surface area contributed by atoms with Gasteiger partial charge in [-0.1, -0.05) is 31.2 Å². The minimum Gasteiger partial charge on any atom is -0.381 e. The predicted octanol–water partition coefficient (Wildman–Crippen LogP) is 3.58. The van der Waals surface area contributed by atoms with Crippen LogP contribution in [0.5, 0.6) is 0 Å². The highest BCUT2D eigenvalue weighted by atomic mass is 127. The van der Waals surface area contributed by atoms with Gasteiger partial charge in [-0.05, 0) is 42.9 Å². The van der Waals surface area contributed by atoms with E-state index in [0.717, 1.165) is 51.1 Å². The molecule has 2 aliphatic heterocycles. The van der Waals surface area contributed by atoms with Crippen LogP contribution in [0, 0.1) is 11.8 Å². The second-order valence-corrected chi connectivity index (χ2v) is 8.26. The van der Waals surface area contributed by atoms with Crippen LogP contribution in [0.3, 0.4) is 0 Å². The molecule has 0 aromatic heterocycles. The average molecular weight is 500 g/mol. The number of aliphatic imine (C=N–C) groups is 1. The first-order chi connectivity index (χ1) is 13.2. The lowest BCUT2D eigenvalue weighted by molar-refractivity contribution is 0.176. The summed E-state index contributed by atoms with van der Waals surface area (Å²) in [5.74, 6) is 2.39. The lowest BCUT2D eigenvalue weighted by Crippen LogP contribution is -2.41. The molecular formula is C22H37IN4O. The smallest absolute Gasteiger partial charge is 0.193 e. The largest absolute Gasteiger partial charge is 0.381 e. The molecule has 2 atom stereocenters. The molecule has 2 unspecified atom stereocenters. The van der Waals surface area contributed by atoms with E-state index < -0.39 is 0 Å². The molecule has 0 aliphatic carbocycles. The minimum atomic E-state index is 0. The van der Waals surface area contributed by atoms with Gasteiger partial charge in [-0.15, -0.1) is 24.0 Å². The average Bonchev–Trinajstić information content (AvgIpc) is 3.16. The van der Waals surface area contributed by atoms with E-state index in [1.807, 2.05) is 7.05 Å². The van der Waals surface area contributed by atoms with Crippen molar-refractivity contribution in [2.75, 3.05) is 46.9 Å². The number of likely N-dealkylation sites (tertiary alicyclic amines) is 1. The maximum Gasteiger partial charge on any atom is 0.193 e. The molecule has 0 spiro atoms. The van der Waals surface area contributed by atoms with Crippen molar-refractivity contribution in [1.29, 1.82) is 0 Å². The zero-order valence-corrected chi connectivity index (χ0v) is 20.0. The zero-order chi connectivity index (χ0) is 19.1. The van der Waals surface area contributed by atoms with Crippen molar-refractivity contribution in [3.63, 3.8) is 0 Å². The van der Waals surface area contributed by atoms with E-state index in [0.29, 0.717) is 5.92 Å². The number of halogens is 1. The first kappa shape index (κ1) is 23.4. The fourth-order valence-electron chi connectivity index (χ4n) is 4.32. The molecule has 1 N–H and O–H groups in total. The molecule has 0 bridgehead atoms. The van der Waals surface area contributed by atoms with E-state index in [1.54, 1.807) is 0 Å². The third-order valence-electron chi connectivity index (χ3n) is 5.82. The van der Waals surface area contributed by atoms with E-state index in [2.05, 4.69) is 58.3 Å². The molecule has 28 heavy (non-hydrogen) atoms. The third kappa shape index (κ3) is 6.88. The van der Waals surface area contributed by atoms with E-state index in [-0.39, 0.29) is 24.0 Å². The highest BCUT2D eigenvalue weighted by Crippen LogP contribution is 2.19. The molecule has 0 amide bonds. The van der Waals surface area contributed by atoms with Crippen molar-refractivity contribution < 1.29 is 4.74 Å². The second-order valence-electron chi connectivity index (χ2n) is 8.26. The molecule has 6 heteroatoms. The molecular weight excluding hydrogens is 463 g/mol. The Morgan fingerprint density at radius 3 is 2.75 bits per heavy atom. The summed E-state index contributed by atoms with van der Waals surface area (Å²) < 4.78 is 5.50. The molecule has 5 nitrogen and oxygen atoms in total. The van der Waals surface area contributed by atoms with E-state index >= 15 is 0 Å². The summed E-state index contributed by atoms with van der Waals surface area (Å²) in [6, 6.07) is 8.82. The van der Waals surface area contributed by atoms with Gasteiger partial charge in [-0.25, -0.2) is 0 Å². The van der Waals surface area contributed by atoms with E-state index in [1.165, 1.54) is 37.1 Å². The number of hydrogen-bond acceptors (Lipinski definition) is 3. The summed E-state index contributed by atoms with van der Waals surface area (Å²) in [5, 5.41) is 3.56. The fraction of sp³-hybridized carbons (Fsp3) is 0.682. The van der Waals surface area contributed by atoms with Crippen LogP contribution in [-0.2, 0) is 17.8 Å². The molecule has 2 saturated heterocycles. The zero-order valence-electron chi connectivity index (χ0n) is 17.7. The van der Waals surface area contributed by atoms with Crippen LogP contribution >= 0.6 is 24.0 Å². The standard InChI is InChI=1S/C22H36N4O.HI/c1-18-7-6-11-26(14-18)16-21-9-5-4-8-20(21)13-24-22(23-2)25(3)15-19-10-12-27-17-19;/h4-5,8-9,18-19H,6-7,10-17H2,1-3H3,(H,23,24);1H. The molecule has 3 rings (SSSR count). The Bertz CT molecular complexity index is 618. The first-order valence-electron chi connectivity index (χ1n) is 10.4. The third-order valence-corrected chi connectivity index (χ3v) is 5.82. The Hall–Kier alpha value is -0.860. The summed E-state index contributed by atoms with van der Waals surface area (Å²) >= 11 is 0. The van der Waals surface area contributed by atoms with Crippen molar-refractivity contribution in [1.82, 2.24) is 15.1 Å². The summed E-state index contributed by atoms with van der Waals surface area (Å²) in [6.45, 7) is 9.44. The van der Waals surface area contributed by atoms with Crippen LogP contribution in [0.15, 0.2) is 29.3 Å². The molecule has 158 valence electrons. The van der Waals surface area contributed by atoms with E-state index in [4.69, 9.17) is 4.74 Å². The minimum absolute atomic E-state index is 0. The highest BCUT2D eigenvalue weighted by molar-refractivity contribution is 14.0. The number of rotatable bonds is 6. The fourth-order valence-corrected chi connectivity index (χ4v) is 4.32. The van der Waals surface area contributed by atoms with Crippen molar-refractivity contribution in [3.8, 4) is 0 Å². The quantitative estimate of drug-likeness (QED) is 0.369. The Morgan fingerprint density at radius 2 is 2.07 bits per heavy atom.